The Morgan fingerprint density at radius 3 is 2.70 bits per heavy atom. The number of fused-ring (bicyclic) bond motifs is 1. The highest BCUT2D eigenvalue weighted by atomic mass is 16.7. The van der Waals surface area contributed by atoms with Crippen molar-refractivity contribution in [3.8, 4) is 0 Å². The molecule has 2 amide bonds. The largest absolute Gasteiger partial charge is 0.347 e. The first-order chi connectivity index (χ1) is 11.2. The zero-order valence-electron chi connectivity index (χ0n) is 12.7. The van der Waals surface area contributed by atoms with Crippen LogP contribution < -0.4 is 0 Å². The monoisotopic (exact) mass is 314 g/mol. The van der Waals surface area contributed by atoms with Gasteiger partial charge in [-0.05, 0) is 6.08 Å². The molecule has 1 aliphatic carbocycles. The number of likely N-dealkylation sites (tertiary alicyclic amines) is 1. The summed E-state index contributed by atoms with van der Waals surface area (Å²) in [4.78, 5) is 30.4. The van der Waals surface area contributed by atoms with Crippen LogP contribution in [-0.4, -0.2) is 54.5 Å². The molecule has 0 aromatic carbocycles. The van der Waals surface area contributed by atoms with E-state index in [1.54, 1.807) is 11.0 Å². The van der Waals surface area contributed by atoms with Gasteiger partial charge in [0.2, 0.25) is 0 Å². The van der Waals surface area contributed by atoms with Gasteiger partial charge in [-0.25, -0.2) is 4.99 Å². The minimum absolute atomic E-state index is 0.0939. The summed E-state index contributed by atoms with van der Waals surface area (Å²) in [6, 6.07) is 0. The molecule has 2 fully saturated rings. The van der Waals surface area contributed by atoms with Crippen LogP contribution in [0.3, 0.4) is 0 Å². The first kappa shape index (κ1) is 14.5. The van der Waals surface area contributed by atoms with Gasteiger partial charge < -0.3 is 14.4 Å². The minimum Gasteiger partial charge on any atom is -0.347 e. The second kappa shape index (κ2) is 5.54. The van der Waals surface area contributed by atoms with E-state index in [-0.39, 0.29) is 17.7 Å². The van der Waals surface area contributed by atoms with Gasteiger partial charge >= 0.3 is 0 Å². The lowest BCUT2D eigenvalue weighted by atomic mass is 9.87. The highest BCUT2D eigenvalue weighted by Crippen LogP contribution is 2.33. The molecule has 6 heteroatoms. The van der Waals surface area contributed by atoms with Crippen molar-refractivity contribution in [3.05, 3.63) is 36.0 Å². The van der Waals surface area contributed by atoms with E-state index in [0.717, 1.165) is 0 Å². The quantitative estimate of drug-likeness (QED) is 0.724. The van der Waals surface area contributed by atoms with Crippen LogP contribution in [0.2, 0.25) is 0 Å². The molecule has 1 atom stereocenters. The number of hydrogen-bond acceptors (Lipinski definition) is 4. The average molecular weight is 314 g/mol. The number of rotatable bonds is 1. The number of carbonyl (C=O) groups excluding carboxylic acids is 2. The molecule has 2 saturated heterocycles. The SMILES string of the molecule is O=C1C=C(C(=O)N2CCC3(CC2)OCCO3)C2C=CC=CC2=N1. The molecule has 3 aliphatic heterocycles. The van der Waals surface area contributed by atoms with E-state index in [4.69, 9.17) is 9.47 Å². The van der Waals surface area contributed by atoms with Crippen molar-refractivity contribution in [2.24, 2.45) is 10.9 Å². The smallest absolute Gasteiger partial charge is 0.270 e. The lowest BCUT2D eigenvalue weighted by molar-refractivity contribution is -0.186. The molecule has 1 spiro atoms. The van der Waals surface area contributed by atoms with Crippen molar-refractivity contribution < 1.29 is 19.1 Å². The van der Waals surface area contributed by atoms with Crippen LogP contribution in [0.1, 0.15) is 12.8 Å². The molecule has 4 aliphatic rings. The predicted octanol–water partition coefficient (Wildman–Crippen LogP) is 1.00. The summed E-state index contributed by atoms with van der Waals surface area (Å²) < 4.78 is 11.4. The van der Waals surface area contributed by atoms with Gasteiger partial charge in [0.25, 0.3) is 11.8 Å². The summed E-state index contributed by atoms with van der Waals surface area (Å²) in [5.41, 5.74) is 1.14. The third-order valence-electron chi connectivity index (χ3n) is 4.73. The van der Waals surface area contributed by atoms with Crippen LogP contribution in [0.15, 0.2) is 40.9 Å². The Morgan fingerprint density at radius 2 is 1.96 bits per heavy atom. The first-order valence-electron chi connectivity index (χ1n) is 7.93. The van der Waals surface area contributed by atoms with Crippen LogP contribution in [0.4, 0.5) is 0 Å². The summed E-state index contributed by atoms with van der Waals surface area (Å²) in [5, 5.41) is 0. The predicted molar refractivity (Wildman–Crippen MR) is 82.7 cm³/mol. The summed E-state index contributed by atoms with van der Waals surface area (Å²) in [5.74, 6) is -1.19. The number of nitrogens with zero attached hydrogens (tertiary/aromatic N) is 2. The van der Waals surface area contributed by atoms with Gasteiger partial charge in [-0.2, -0.15) is 0 Å². The van der Waals surface area contributed by atoms with Crippen LogP contribution in [-0.2, 0) is 19.1 Å². The number of ether oxygens (including phenoxy) is 2. The molecule has 4 rings (SSSR count). The molecule has 6 nitrogen and oxygen atoms in total. The van der Waals surface area contributed by atoms with Crippen molar-refractivity contribution in [2.45, 2.75) is 18.6 Å². The van der Waals surface area contributed by atoms with Gasteiger partial charge in [0.1, 0.15) is 0 Å². The Bertz CT molecular complexity index is 658. The van der Waals surface area contributed by atoms with Gasteiger partial charge in [0, 0.05) is 37.6 Å². The highest BCUT2D eigenvalue weighted by molar-refractivity contribution is 6.18. The molecular weight excluding hydrogens is 296 g/mol. The molecule has 1 unspecified atom stereocenters. The average Bonchev–Trinajstić information content (AvgIpc) is 3.02. The fourth-order valence-corrected chi connectivity index (χ4v) is 3.50. The van der Waals surface area contributed by atoms with E-state index < -0.39 is 5.79 Å². The number of hydrogen-bond donors (Lipinski definition) is 0. The van der Waals surface area contributed by atoms with Crippen LogP contribution >= 0.6 is 0 Å². The Balaban J connectivity index is 1.50. The maximum atomic E-state index is 12.9. The molecule has 0 N–H and O–H groups in total. The number of amides is 2. The van der Waals surface area contributed by atoms with E-state index in [9.17, 15) is 9.59 Å². The van der Waals surface area contributed by atoms with Crippen molar-refractivity contribution in [2.75, 3.05) is 26.3 Å². The summed E-state index contributed by atoms with van der Waals surface area (Å²) >= 11 is 0. The van der Waals surface area contributed by atoms with Crippen molar-refractivity contribution in [1.82, 2.24) is 4.90 Å². The molecule has 0 aromatic rings. The zero-order valence-corrected chi connectivity index (χ0v) is 12.7. The molecular formula is C17H18N2O4. The van der Waals surface area contributed by atoms with Crippen LogP contribution in [0, 0.1) is 5.92 Å². The lowest BCUT2D eigenvalue weighted by Crippen LogP contribution is -2.48. The fourth-order valence-electron chi connectivity index (χ4n) is 3.50. The van der Waals surface area contributed by atoms with Gasteiger partial charge in [-0.1, -0.05) is 18.2 Å². The van der Waals surface area contributed by atoms with Crippen molar-refractivity contribution >= 4 is 17.5 Å². The molecule has 23 heavy (non-hydrogen) atoms. The summed E-state index contributed by atoms with van der Waals surface area (Å²) in [7, 11) is 0. The molecule has 0 aromatic heterocycles. The molecule has 3 heterocycles. The second-order valence-corrected chi connectivity index (χ2v) is 6.10. The van der Waals surface area contributed by atoms with Crippen LogP contribution in [0.5, 0.6) is 0 Å². The fraction of sp³-hybridized carbons (Fsp3) is 0.471. The van der Waals surface area contributed by atoms with Crippen molar-refractivity contribution in [3.63, 3.8) is 0 Å². The van der Waals surface area contributed by atoms with Gasteiger partial charge in [0.05, 0.1) is 24.8 Å². The molecule has 0 radical (unpaired) electrons. The van der Waals surface area contributed by atoms with E-state index in [2.05, 4.69) is 4.99 Å². The van der Waals surface area contributed by atoms with Crippen molar-refractivity contribution in [1.29, 1.82) is 0 Å². The molecule has 120 valence electrons. The number of aliphatic imine (C=N–C) groups is 1. The number of piperidine rings is 1. The zero-order chi connectivity index (χ0) is 15.9. The van der Waals surface area contributed by atoms with E-state index in [1.807, 2.05) is 18.2 Å². The van der Waals surface area contributed by atoms with E-state index in [0.29, 0.717) is 50.4 Å². The Kier molecular flexibility index (Phi) is 3.50. The lowest BCUT2D eigenvalue weighted by Gasteiger charge is -2.38. The number of allylic oxidation sites excluding steroid dienone is 4. The second-order valence-electron chi connectivity index (χ2n) is 6.10. The van der Waals surface area contributed by atoms with Gasteiger partial charge in [0.15, 0.2) is 5.79 Å². The summed E-state index contributed by atoms with van der Waals surface area (Å²) in [6.07, 6.45) is 10.1. The van der Waals surface area contributed by atoms with Crippen LogP contribution in [0.25, 0.3) is 0 Å². The third-order valence-corrected chi connectivity index (χ3v) is 4.73. The number of carbonyl (C=O) groups is 2. The topological polar surface area (TPSA) is 68.2 Å². The first-order valence-corrected chi connectivity index (χ1v) is 7.93. The standard InChI is InChI=1S/C17H18N2O4/c20-15-11-13(12-3-1-2-4-14(12)18-15)16(21)19-7-5-17(6-8-19)22-9-10-23-17/h1-4,11-12H,5-10H2. The maximum absolute atomic E-state index is 12.9. The Hall–Kier alpha value is -2.05. The number of dihydropyridines is 1. The Labute approximate surface area is 134 Å². The Morgan fingerprint density at radius 1 is 1.22 bits per heavy atom. The van der Waals surface area contributed by atoms with Gasteiger partial charge in [-0.3, -0.25) is 9.59 Å². The minimum atomic E-state index is -0.506. The molecule has 0 bridgehead atoms. The highest BCUT2D eigenvalue weighted by Gasteiger charge is 2.42. The van der Waals surface area contributed by atoms with E-state index >= 15 is 0 Å². The van der Waals surface area contributed by atoms with E-state index in [1.165, 1.54) is 6.08 Å². The third kappa shape index (κ3) is 2.58. The normalized spacial score (nSPS) is 28.6. The maximum Gasteiger partial charge on any atom is 0.270 e. The van der Waals surface area contributed by atoms with Gasteiger partial charge in [-0.15, -0.1) is 0 Å². The summed E-state index contributed by atoms with van der Waals surface area (Å²) in [6.45, 7) is 2.38. The molecule has 0 saturated carbocycles.